The van der Waals surface area contributed by atoms with Gasteiger partial charge in [-0.05, 0) is 18.1 Å². The SMILES string of the molecule is Cc1ncsc1-c1ccc(C(CC(=O)C(C)C)NC=O)cc1. The van der Waals surface area contributed by atoms with Gasteiger partial charge in [-0.2, -0.15) is 0 Å². The van der Waals surface area contributed by atoms with Gasteiger partial charge in [-0.15, -0.1) is 11.3 Å². The van der Waals surface area contributed by atoms with Crippen molar-refractivity contribution in [1.29, 1.82) is 0 Å². The van der Waals surface area contributed by atoms with Crippen molar-refractivity contribution < 1.29 is 9.59 Å². The number of ketones is 1. The Labute approximate surface area is 134 Å². The van der Waals surface area contributed by atoms with Crippen LogP contribution < -0.4 is 5.32 Å². The Morgan fingerprint density at radius 1 is 1.32 bits per heavy atom. The van der Waals surface area contributed by atoms with Gasteiger partial charge in [-0.3, -0.25) is 9.59 Å². The molecule has 1 heterocycles. The quantitative estimate of drug-likeness (QED) is 0.795. The number of thiazole rings is 1. The topological polar surface area (TPSA) is 59.1 Å². The van der Waals surface area contributed by atoms with E-state index in [4.69, 9.17) is 0 Å². The summed E-state index contributed by atoms with van der Waals surface area (Å²) in [6, 6.07) is 7.67. The van der Waals surface area contributed by atoms with Gasteiger partial charge < -0.3 is 5.32 Å². The summed E-state index contributed by atoms with van der Waals surface area (Å²) in [5, 5.41) is 2.74. The zero-order valence-electron chi connectivity index (χ0n) is 13.0. The van der Waals surface area contributed by atoms with Gasteiger partial charge in [0.2, 0.25) is 6.41 Å². The summed E-state index contributed by atoms with van der Waals surface area (Å²) < 4.78 is 0. The van der Waals surface area contributed by atoms with Crippen LogP contribution in [0.25, 0.3) is 10.4 Å². The number of hydrogen-bond donors (Lipinski definition) is 1. The standard InChI is InChI=1S/C17H20N2O2S/c1-11(2)16(21)8-15(18-9-20)13-4-6-14(7-5-13)17-12(3)19-10-22-17/h4-7,9-11,15H,8H2,1-3H3,(H,18,20). The fourth-order valence-corrected chi connectivity index (χ4v) is 3.05. The Morgan fingerprint density at radius 3 is 2.50 bits per heavy atom. The Balaban J connectivity index is 2.20. The average molecular weight is 316 g/mol. The number of carbonyl (C=O) groups is 2. The number of benzene rings is 1. The van der Waals surface area contributed by atoms with E-state index in [2.05, 4.69) is 10.3 Å². The number of amides is 1. The van der Waals surface area contributed by atoms with E-state index in [0.717, 1.165) is 21.7 Å². The van der Waals surface area contributed by atoms with Crippen molar-refractivity contribution in [2.24, 2.45) is 5.92 Å². The van der Waals surface area contributed by atoms with Crippen molar-refractivity contribution in [1.82, 2.24) is 10.3 Å². The van der Waals surface area contributed by atoms with E-state index >= 15 is 0 Å². The first-order valence-corrected chi connectivity index (χ1v) is 8.13. The number of aromatic nitrogens is 1. The third-order valence-corrected chi connectivity index (χ3v) is 4.62. The fourth-order valence-electron chi connectivity index (χ4n) is 2.24. The normalized spacial score (nSPS) is 12.2. The highest BCUT2D eigenvalue weighted by atomic mass is 32.1. The predicted molar refractivity (Wildman–Crippen MR) is 88.7 cm³/mol. The number of Topliss-reactive ketones (excluding diaryl/α,β-unsaturated/α-hetero) is 1. The predicted octanol–water partition coefficient (Wildman–Crippen LogP) is 3.52. The Kier molecular flexibility index (Phi) is 5.44. The molecule has 0 saturated carbocycles. The van der Waals surface area contributed by atoms with Crippen molar-refractivity contribution in [2.75, 3.05) is 0 Å². The molecule has 1 N–H and O–H groups in total. The smallest absolute Gasteiger partial charge is 0.207 e. The summed E-state index contributed by atoms with van der Waals surface area (Å²) in [7, 11) is 0. The van der Waals surface area contributed by atoms with Gasteiger partial charge in [-0.25, -0.2) is 4.98 Å². The van der Waals surface area contributed by atoms with E-state index in [1.165, 1.54) is 0 Å². The van der Waals surface area contributed by atoms with Crippen LogP contribution in [0, 0.1) is 12.8 Å². The van der Waals surface area contributed by atoms with Crippen molar-refractivity contribution >= 4 is 23.5 Å². The molecule has 0 bridgehead atoms. The van der Waals surface area contributed by atoms with Crippen LogP contribution in [0.2, 0.25) is 0 Å². The monoisotopic (exact) mass is 316 g/mol. The Hall–Kier alpha value is -2.01. The Morgan fingerprint density at radius 2 is 2.00 bits per heavy atom. The summed E-state index contributed by atoms with van der Waals surface area (Å²) >= 11 is 1.60. The van der Waals surface area contributed by atoms with E-state index in [-0.39, 0.29) is 17.7 Å². The van der Waals surface area contributed by atoms with Crippen LogP contribution in [0.1, 0.15) is 37.6 Å². The molecule has 2 rings (SSSR count). The maximum atomic E-state index is 11.9. The molecular formula is C17H20N2O2S. The number of nitrogens with zero attached hydrogens (tertiary/aromatic N) is 1. The molecule has 0 aliphatic heterocycles. The molecule has 1 atom stereocenters. The zero-order chi connectivity index (χ0) is 16.1. The van der Waals surface area contributed by atoms with Gasteiger partial charge in [-0.1, -0.05) is 38.1 Å². The first-order chi connectivity index (χ1) is 10.5. The molecule has 0 aliphatic carbocycles. The maximum Gasteiger partial charge on any atom is 0.207 e. The van der Waals surface area contributed by atoms with Crippen LogP contribution in [-0.4, -0.2) is 17.2 Å². The number of nitrogens with one attached hydrogen (secondary N) is 1. The fraction of sp³-hybridized carbons (Fsp3) is 0.353. The maximum absolute atomic E-state index is 11.9. The third kappa shape index (κ3) is 3.80. The van der Waals surface area contributed by atoms with Crippen LogP contribution in [0.5, 0.6) is 0 Å². The lowest BCUT2D eigenvalue weighted by Gasteiger charge is -2.17. The number of aryl methyl sites for hydroxylation is 1. The van der Waals surface area contributed by atoms with Gasteiger partial charge in [0.15, 0.2) is 0 Å². The van der Waals surface area contributed by atoms with E-state index in [1.54, 1.807) is 11.3 Å². The Bertz CT molecular complexity index is 647. The molecule has 4 nitrogen and oxygen atoms in total. The lowest BCUT2D eigenvalue weighted by Crippen LogP contribution is -2.24. The minimum absolute atomic E-state index is 0.0323. The zero-order valence-corrected chi connectivity index (χ0v) is 13.8. The van der Waals surface area contributed by atoms with E-state index in [9.17, 15) is 9.59 Å². The van der Waals surface area contributed by atoms with Gasteiger partial charge in [0.25, 0.3) is 0 Å². The van der Waals surface area contributed by atoms with Gasteiger partial charge in [0.05, 0.1) is 22.1 Å². The molecular weight excluding hydrogens is 296 g/mol. The largest absolute Gasteiger partial charge is 0.351 e. The lowest BCUT2D eigenvalue weighted by atomic mass is 9.95. The van der Waals surface area contributed by atoms with Crippen molar-refractivity contribution in [3.8, 4) is 10.4 Å². The lowest BCUT2D eigenvalue weighted by molar-refractivity contribution is -0.122. The summed E-state index contributed by atoms with van der Waals surface area (Å²) in [4.78, 5) is 28.1. The third-order valence-electron chi connectivity index (χ3n) is 3.64. The number of carbonyl (C=O) groups excluding carboxylic acids is 2. The summed E-state index contributed by atoms with van der Waals surface area (Å²) in [5.41, 5.74) is 4.88. The minimum Gasteiger partial charge on any atom is -0.351 e. The molecule has 1 unspecified atom stereocenters. The second-order valence-corrected chi connectivity index (χ2v) is 6.41. The molecule has 1 amide bonds. The van der Waals surface area contributed by atoms with Crippen LogP contribution in [-0.2, 0) is 9.59 Å². The van der Waals surface area contributed by atoms with E-state index < -0.39 is 0 Å². The highest BCUT2D eigenvalue weighted by molar-refractivity contribution is 7.13. The van der Waals surface area contributed by atoms with Crippen LogP contribution in [0.3, 0.4) is 0 Å². The molecule has 1 aromatic heterocycles. The van der Waals surface area contributed by atoms with Gasteiger partial charge in [0, 0.05) is 12.3 Å². The van der Waals surface area contributed by atoms with Crippen LogP contribution in [0.15, 0.2) is 29.8 Å². The highest BCUT2D eigenvalue weighted by Crippen LogP contribution is 2.29. The summed E-state index contributed by atoms with van der Waals surface area (Å²) in [6.45, 7) is 5.73. The molecule has 2 aromatic rings. The first-order valence-electron chi connectivity index (χ1n) is 7.25. The second-order valence-electron chi connectivity index (χ2n) is 5.55. The molecule has 0 fully saturated rings. The molecule has 0 saturated heterocycles. The first kappa shape index (κ1) is 16.4. The molecule has 0 radical (unpaired) electrons. The molecule has 22 heavy (non-hydrogen) atoms. The van der Waals surface area contributed by atoms with Crippen molar-refractivity contribution in [3.63, 3.8) is 0 Å². The van der Waals surface area contributed by atoms with E-state index in [0.29, 0.717) is 12.8 Å². The van der Waals surface area contributed by atoms with Crippen molar-refractivity contribution in [2.45, 2.75) is 33.2 Å². The molecule has 0 spiro atoms. The number of hydrogen-bond acceptors (Lipinski definition) is 4. The van der Waals surface area contributed by atoms with Gasteiger partial charge in [0.1, 0.15) is 5.78 Å². The van der Waals surface area contributed by atoms with Crippen molar-refractivity contribution in [3.05, 3.63) is 41.0 Å². The van der Waals surface area contributed by atoms with Crippen LogP contribution >= 0.6 is 11.3 Å². The molecule has 0 aliphatic rings. The minimum atomic E-state index is -0.274. The van der Waals surface area contributed by atoms with E-state index in [1.807, 2.05) is 50.5 Å². The molecule has 1 aromatic carbocycles. The molecule has 5 heteroatoms. The summed E-state index contributed by atoms with van der Waals surface area (Å²) in [6.07, 6.45) is 0.967. The highest BCUT2D eigenvalue weighted by Gasteiger charge is 2.17. The van der Waals surface area contributed by atoms with Gasteiger partial charge >= 0.3 is 0 Å². The number of rotatable bonds is 7. The average Bonchev–Trinajstić information content (AvgIpc) is 2.93. The second kappa shape index (κ2) is 7.31. The molecule has 116 valence electrons. The van der Waals surface area contributed by atoms with Crippen LogP contribution in [0.4, 0.5) is 0 Å². The summed E-state index contributed by atoms with van der Waals surface area (Å²) in [5.74, 6) is 0.108.